The Morgan fingerprint density at radius 2 is 1.79 bits per heavy atom. The minimum Gasteiger partial charge on any atom is -0.481 e. The number of aliphatic carboxylic acids is 1. The van der Waals surface area contributed by atoms with E-state index in [0.29, 0.717) is 10.6 Å². The van der Waals surface area contributed by atoms with Gasteiger partial charge in [-0.2, -0.15) is 0 Å². The molecular weight excluding hydrogens is 390 g/mol. The highest BCUT2D eigenvalue weighted by atomic mass is 32.1. The molecule has 0 unspecified atom stereocenters. The van der Waals surface area contributed by atoms with Crippen molar-refractivity contribution in [1.29, 1.82) is 0 Å². The van der Waals surface area contributed by atoms with E-state index < -0.39 is 23.8 Å². The van der Waals surface area contributed by atoms with E-state index in [9.17, 15) is 19.5 Å². The number of carbonyl (C=O) groups excluding carboxylic acids is 2. The Hall–Kier alpha value is -2.15. The number of rotatable bonds is 5. The molecule has 0 aliphatic heterocycles. The number of hydrogen-bond donors (Lipinski definition) is 2. The Bertz CT molecular complexity index is 858. The second-order valence-electron chi connectivity index (χ2n) is 8.16. The fraction of sp³-hybridized carbons (Fsp3) is 0.591. The molecule has 1 amide bonds. The summed E-state index contributed by atoms with van der Waals surface area (Å²) in [6.07, 6.45) is 10.5. The van der Waals surface area contributed by atoms with Crippen molar-refractivity contribution in [2.75, 3.05) is 11.9 Å². The van der Waals surface area contributed by atoms with Gasteiger partial charge in [0.2, 0.25) is 5.91 Å². The highest BCUT2D eigenvalue weighted by molar-refractivity contribution is 7.17. The van der Waals surface area contributed by atoms with Gasteiger partial charge < -0.3 is 15.2 Å². The quantitative estimate of drug-likeness (QED) is 0.428. The molecule has 0 spiro atoms. The van der Waals surface area contributed by atoms with Gasteiger partial charge in [-0.25, -0.2) is 4.79 Å². The van der Waals surface area contributed by atoms with Crippen LogP contribution in [0, 0.1) is 23.7 Å². The van der Waals surface area contributed by atoms with Crippen molar-refractivity contribution >= 4 is 34.2 Å². The summed E-state index contributed by atoms with van der Waals surface area (Å²) in [4.78, 5) is 39.0. The van der Waals surface area contributed by atoms with Gasteiger partial charge in [0.1, 0.15) is 5.00 Å². The van der Waals surface area contributed by atoms with Crippen LogP contribution in [0.4, 0.5) is 5.00 Å². The van der Waals surface area contributed by atoms with Crippen LogP contribution >= 0.6 is 11.3 Å². The van der Waals surface area contributed by atoms with Gasteiger partial charge >= 0.3 is 11.9 Å². The number of esters is 1. The fourth-order valence-corrected chi connectivity index (χ4v) is 6.41. The third-order valence-corrected chi connectivity index (χ3v) is 7.68. The predicted octanol–water partition coefficient (Wildman–Crippen LogP) is 4.05. The van der Waals surface area contributed by atoms with E-state index in [0.717, 1.165) is 55.4 Å². The first kappa shape index (κ1) is 20.1. The van der Waals surface area contributed by atoms with E-state index in [1.165, 1.54) is 11.3 Å². The number of thiophene rings is 1. The molecule has 1 saturated carbocycles. The fourth-order valence-electron chi connectivity index (χ4n) is 5.13. The summed E-state index contributed by atoms with van der Waals surface area (Å²) in [5.41, 5.74) is 1.48. The van der Waals surface area contributed by atoms with Crippen LogP contribution in [0.2, 0.25) is 0 Å². The smallest absolute Gasteiger partial charge is 0.341 e. The number of aryl methyl sites for hydroxylation is 1. The zero-order valence-corrected chi connectivity index (χ0v) is 17.4. The molecule has 29 heavy (non-hydrogen) atoms. The third kappa shape index (κ3) is 3.72. The summed E-state index contributed by atoms with van der Waals surface area (Å²) < 4.78 is 5.28. The number of anilines is 1. The van der Waals surface area contributed by atoms with Gasteiger partial charge in [0.25, 0.3) is 0 Å². The summed E-state index contributed by atoms with van der Waals surface area (Å²) in [7, 11) is 0. The van der Waals surface area contributed by atoms with Crippen LogP contribution in [-0.4, -0.2) is 29.6 Å². The first-order chi connectivity index (χ1) is 14.0. The average Bonchev–Trinajstić information content (AvgIpc) is 2.88. The van der Waals surface area contributed by atoms with E-state index in [4.69, 9.17) is 4.74 Å². The Kier molecular flexibility index (Phi) is 5.76. The first-order valence-electron chi connectivity index (χ1n) is 10.5. The summed E-state index contributed by atoms with van der Waals surface area (Å²) in [5.74, 6) is -3.09. The molecule has 7 heteroatoms. The van der Waals surface area contributed by atoms with E-state index in [-0.39, 0.29) is 24.3 Å². The average molecular weight is 418 g/mol. The molecule has 4 atom stereocenters. The summed E-state index contributed by atoms with van der Waals surface area (Å²) >= 11 is 1.45. The highest BCUT2D eigenvalue weighted by Crippen LogP contribution is 2.46. The maximum atomic E-state index is 13.2. The molecule has 1 aromatic heterocycles. The Balaban J connectivity index is 1.65. The largest absolute Gasteiger partial charge is 0.481 e. The maximum absolute atomic E-state index is 13.2. The number of allylic oxidation sites excluding steroid dienone is 2. The van der Waals surface area contributed by atoms with Crippen LogP contribution in [0.3, 0.4) is 0 Å². The van der Waals surface area contributed by atoms with Crippen LogP contribution in [0.1, 0.15) is 59.8 Å². The van der Waals surface area contributed by atoms with Crippen molar-refractivity contribution in [2.45, 2.75) is 51.9 Å². The lowest BCUT2D eigenvalue weighted by molar-refractivity contribution is -0.151. The van der Waals surface area contributed by atoms with Gasteiger partial charge in [-0.05, 0) is 62.8 Å². The Morgan fingerprint density at radius 3 is 2.45 bits per heavy atom. The molecule has 1 fully saturated rings. The molecule has 6 nitrogen and oxygen atoms in total. The zero-order chi connectivity index (χ0) is 20.5. The molecule has 1 heterocycles. The van der Waals surface area contributed by atoms with Crippen molar-refractivity contribution in [2.24, 2.45) is 23.7 Å². The monoisotopic (exact) mass is 417 g/mol. The maximum Gasteiger partial charge on any atom is 0.341 e. The van der Waals surface area contributed by atoms with Crippen molar-refractivity contribution in [3.8, 4) is 0 Å². The van der Waals surface area contributed by atoms with Crippen LogP contribution < -0.4 is 5.32 Å². The normalized spacial score (nSPS) is 27.8. The molecule has 4 aliphatic carbocycles. The second-order valence-corrected chi connectivity index (χ2v) is 9.26. The number of carboxylic acid groups (broad SMARTS) is 1. The number of carbonyl (C=O) groups is 3. The molecule has 0 aromatic carbocycles. The molecule has 5 rings (SSSR count). The zero-order valence-electron chi connectivity index (χ0n) is 16.6. The topological polar surface area (TPSA) is 92.7 Å². The van der Waals surface area contributed by atoms with E-state index in [2.05, 4.69) is 5.32 Å². The lowest BCUT2D eigenvalue weighted by Crippen LogP contribution is -2.47. The minimum absolute atomic E-state index is 0.0649. The molecule has 156 valence electrons. The van der Waals surface area contributed by atoms with Gasteiger partial charge in [-0.15, -0.1) is 11.3 Å². The second kappa shape index (κ2) is 8.30. The van der Waals surface area contributed by atoms with Crippen molar-refractivity contribution in [3.63, 3.8) is 0 Å². The number of nitrogens with one attached hydrogen (secondary N) is 1. The van der Waals surface area contributed by atoms with Crippen LogP contribution in [0.5, 0.6) is 0 Å². The molecule has 1 aromatic rings. The Labute approximate surface area is 174 Å². The number of amides is 1. The van der Waals surface area contributed by atoms with Gasteiger partial charge in [-0.3, -0.25) is 9.59 Å². The molecule has 0 radical (unpaired) electrons. The summed E-state index contributed by atoms with van der Waals surface area (Å²) in [6, 6.07) is 0. The first-order valence-corrected chi connectivity index (χ1v) is 11.4. The molecule has 4 aliphatic rings. The van der Waals surface area contributed by atoms with Gasteiger partial charge in [0.15, 0.2) is 0 Å². The Morgan fingerprint density at radius 1 is 1.10 bits per heavy atom. The third-order valence-electron chi connectivity index (χ3n) is 6.47. The van der Waals surface area contributed by atoms with Crippen molar-refractivity contribution < 1.29 is 24.2 Å². The van der Waals surface area contributed by atoms with Crippen LogP contribution in [0.15, 0.2) is 12.2 Å². The summed E-state index contributed by atoms with van der Waals surface area (Å²) in [6.45, 7) is 2.04. The van der Waals surface area contributed by atoms with Crippen molar-refractivity contribution in [3.05, 3.63) is 28.2 Å². The lowest BCUT2D eigenvalue weighted by Gasteiger charge is -2.41. The molecule has 2 bridgehead atoms. The number of hydrogen-bond acceptors (Lipinski definition) is 5. The van der Waals surface area contributed by atoms with E-state index in [1.807, 2.05) is 12.2 Å². The van der Waals surface area contributed by atoms with Gasteiger partial charge in [0.05, 0.1) is 24.0 Å². The SMILES string of the molecule is CCOC(=O)c1c(NC(=O)[C@@H]2[C@@H](C(=O)O)[C@H]3C=C[C@@H]2CC3)sc2c1CCCCC2. The number of ether oxygens (including phenoxy) is 1. The highest BCUT2D eigenvalue weighted by Gasteiger charge is 2.48. The number of fused-ring (bicyclic) bond motifs is 3. The molecular formula is C22H27NO5S. The van der Waals surface area contributed by atoms with Gasteiger partial charge in [-0.1, -0.05) is 18.6 Å². The lowest BCUT2D eigenvalue weighted by atomic mass is 9.62. The minimum atomic E-state index is -0.920. The molecule has 0 saturated heterocycles. The van der Waals surface area contributed by atoms with Crippen molar-refractivity contribution in [1.82, 2.24) is 0 Å². The van der Waals surface area contributed by atoms with Crippen LogP contribution in [0.25, 0.3) is 0 Å². The number of carboxylic acids is 1. The predicted molar refractivity (Wildman–Crippen MR) is 110 cm³/mol. The standard InChI is InChI=1S/C22H27NO5S/c1-2-28-22(27)18-14-6-4-3-5-7-15(14)29-20(18)23-19(24)16-12-8-10-13(11-9-12)17(16)21(25)26/h8,10,12-13,16-17H,2-7,9,11H2,1H3,(H,23,24)(H,25,26)/t12-,13+,16+,17+/m1/s1. The summed E-state index contributed by atoms with van der Waals surface area (Å²) in [5, 5.41) is 13.2. The van der Waals surface area contributed by atoms with Crippen LogP contribution in [-0.2, 0) is 27.2 Å². The van der Waals surface area contributed by atoms with E-state index in [1.54, 1.807) is 6.92 Å². The molecule has 2 N–H and O–H groups in total. The van der Waals surface area contributed by atoms with E-state index >= 15 is 0 Å². The van der Waals surface area contributed by atoms with Gasteiger partial charge in [0, 0.05) is 4.88 Å².